The van der Waals surface area contributed by atoms with Gasteiger partial charge in [0.05, 0.1) is 16.8 Å². The van der Waals surface area contributed by atoms with Crippen molar-refractivity contribution in [1.82, 2.24) is 20.1 Å². The van der Waals surface area contributed by atoms with E-state index >= 15 is 0 Å². The molecule has 2 aliphatic rings. The number of rotatable bonds is 4. The summed E-state index contributed by atoms with van der Waals surface area (Å²) < 4.78 is 5.59. The van der Waals surface area contributed by atoms with E-state index in [1.165, 1.54) is 5.56 Å². The summed E-state index contributed by atoms with van der Waals surface area (Å²) in [4.78, 5) is 22.3. The molecule has 7 nitrogen and oxygen atoms in total. The number of aromatic nitrogens is 3. The van der Waals surface area contributed by atoms with Gasteiger partial charge in [0.2, 0.25) is 11.9 Å². The minimum Gasteiger partial charge on any atom is -0.381 e. The van der Waals surface area contributed by atoms with Crippen LogP contribution in [0.15, 0.2) is 30.3 Å². The van der Waals surface area contributed by atoms with E-state index in [4.69, 9.17) is 4.74 Å². The monoisotopic (exact) mass is 395 g/mol. The highest BCUT2D eigenvalue weighted by molar-refractivity contribution is 5.83. The van der Waals surface area contributed by atoms with Gasteiger partial charge in [-0.2, -0.15) is 5.10 Å². The molecule has 154 valence electrons. The Kier molecular flexibility index (Phi) is 5.76. The van der Waals surface area contributed by atoms with E-state index in [1.807, 2.05) is 36.9 Å². The van der Waals surface area contributed by atoms with Crippen molar-refractivity contribution in [2.75, 3.05) is 44.3 Å². The van der Waals surface area contributed by atoms with Crippen LogP contribution in [0.3, 0.4) is 0 Å². The van der Waals surface area contributed by atoms with Gasteiger partial charge in [-0.25, -0.2) is 4.98 Å². The molecular formula is C22H29N5O2. The van der Waals surface area contributed by atoms with Crippen molar-refractivity contribution in [3.63, 3.8) is 0 Å². The van der Waals surface area contributed by atoms with Gasteiger partial charge >= 0.3 is 0 Å². The molecule has 0 saturated carbocycles. The summed E-state index contributed by atoms with van der Waals surface area (Å²) in [5.74, 6) is 0.925. The molecular weight excluding hydrogens is 366 g/mol. The van der Waals surface area contributed by atoms with Gasteiger partial charge in [-0.3, -0.25) is 4.79 Å². The first-order valence-electron chi connectivity index (χ1n) is 10.4. The number of anilines is 1. The third-order valence-corrected chi connectivity index (χ3v) is 6.22. The van der Waals surface area contributed by atoms with E-state index in [0.717, 1.165) is 43.7 Å². The lowest BCUT2D eigenvalue weighted by molar-refractivity contribution is -0.148. The van der Waals surface area contributed by atoms with E-state index in [0.29, 0.717) is 32.3 Å². The number of benzene rings is 1. The first-order chi connectivity index (χ1) is 14.1. The maximum Gasteiger partial charge on any atom is 0.245 e. The molecule has 1 aromatic carbocycles. The second kappa shape index (κ2) is 8.45. The molecule has 2 aliphatic heterocycles. The molecule has 2 aromatic rings. The second-order valence-electron chi connectivity index (χ2n) is 8.12. The van der Waals surface area contributed by atoms with Gasteiger partial charge in [0, 0.05) is 39.4 Å². The first-order valence-corrected chi connectivity index (χ1v) is 10.4. The Hall–Kier alpha value is -2.54. The maximum absolute atomic E-state index is 13.6. The van der Waals surface area contributed by atoms with Gasteiger partial charge in [0.25, 0.3) is 0 Å². The minimum absolute atomic E-state index is 0.267. The number of piperazine rings is 1. The lowest BCUT2D eigenvalue weighted by Crippen LogP contribution is -2.55. The van der Waals surface area contributed by atoms with Crippen molar-refractivity contribution in [2.24, 2.45) is 5.41 Å². The van der Waals surface area contributed by atoms with Crippen LogP contribution in [0.2, 0.25) is 0 Å². The molecule has 0 bridgehead atoms. The van der Waals surface area contributed by atoms with Gasteiger partial charge < -0.3 is 14.5 Å². The molecule has 0 aliphatic carbocycles. The Morgan fingerprint density at radius 1 is 1.00 bits per heavy atom. The van der Waals surface area contributed by atoms with Crippen LogP contribution in [0, 0.1) is 19.3 Å². The fraction of sp³-hybridized carbons (Fsp3) is 0.545. The van der Waals surface area contributed by atoms with Gasteiger partial charge in [0.1, 0.15) is 0 Å². The highest BCUT2D eigenvalue weighted by atomic mass is 16.5. The predicted molar refractivity (Wildman–Crippen MR) is 111 cm³/mol. The fourth-order valence-corrected chi connectivity index (χ4v) is 4.24. The summed E-state index contributed by atoms with van der Waals surface area (Å²) in [7, 11) is 0. The lowest BCUT2D eigenvalue weighted by atomic mass is 9.74. The Morgan fingerprint density at radius 2 is 1.69 bits per heavy atom. The van der Waals surface area contributed by atoms with Crippen molar-refractivity contribution in [3.05, 3.63) is 47.3 Å². The fourth-order valence-electron chi connectivity index (χ4n) is 4.24. The molecule has 0 unspecified atom stereocenters. The van der Waals surface area contributed by atoms with Gasteiger partial charge in [0.15, 0.2) is 0 Å². The van der Waals surface area contributed by atoms with E-state index < -0.39 is 0 Å². The third-order valence-electron chi connectivity index (χ3n) is 6.22. The lowest BCUT2D eigenvalue weighted by Gasteiger charge is -2.43. The zero-order valence-corrected chi connectivity index (χ0v) is 17.3. The molecule has 0 spiro atoms. The average Bonchev–Trinajstić information content (AvgIpc) is 2.77. The molecule has 0 N–H and O–H groups in total. The Morgan fingerprint density at radius 3 is 2.34 bits per heavy atom. The zero-order valence-electron chi connectivity index (χ0n) is 17.3. The van der Waals surface area contributed by atoms with E-state index in [-0.39, 0.29) is 11.3 Å². The van der Waals surface area contributed by atoms with Crippen molar-refractivity contribution in [2.45, 2.75) is 33.1 Å². The number of ether oxygens (including phenoxy) is 1. The molecule has 3 heterocycles. The first kappa shape index (κ1) is 19.8. The number of amides is 1. The Labute approximate surface area is 172 Å². The van der Waals surface area contributed by atoms with Gasteiger partial charge in [-0.1, -0.05) is 30.3 Å². The topological polar surface area (TPSA) is 71.5 Å². The van der Waals surface area contributed by atoms with Crippen LogP contribution in [0.25, 0.3) is 0 Å². The number of hydrogen-bond donors (Lipinski definition) is 0. The number of nitrogens with zero attached hydrogens (tertiary/aromatic N) is 5. The molecule has 1 aromatic heterocycles. The van der Waals surface area contributed by atoms with Crippen molar-refractivity contribution < 1.29 is 9.53 Å². The summed E-state index contributed by atoms with van der Waals surface area (Å²) in [6, 6.07) is 10.3. The number of aryl methyl sites for hydroxylation is 2. The highest BCUT2D eigenvalue weighted by Crippen LogP contribution is 2.37. The Balaban J connectivity index is 1.45. The quantitative estimate of drug-likeness (QED) is 0.790. The largest absolute Gasteiger partial charge is 0.381 e. The molecule has 0 atom stereocenters. The molecule has 4 rings (SSSR count). The second-order valence-corrected chi connectivity index (χ2v) is 8.12. The van der Waals surface area contributed by atoms with Crippen molar-refractivity contribution >= 4 is 11.9 Å². The molecule has 2 fully saturated rings. The average molecular weight is 396 g/mol. The normalized spacial score (nSPS) is 19.2. The smallest absolute Gasteiger partial charge is 0.245 e. The molecule has 1 amide bonds. The zero-order chi connectivity index (χ0) is 20.3. The predicted octanol–water partition coefficient (Wildman–Crippen LogP) is 2.18. The van der Waals surface area contributed by atoms with Crippen LogP contribution in [-0.2, 0) is 16.0 Å². The van der Waals surface area contributed by atoms with Crippen molar-refractivity contribution in [3.8, 4) is 0 Å². The van der Waals surface area contributed by atoms with Crippen LogP contribution in [-0.4, -0.2) is 65.4 Å². The molecule has 7 heteroatoms. The molecule has 29 heavy (non-hydrogen) atoms. The van der Waals surface area contributed by atoms with Gasteiger partial charge in [-0.05, 0) is 38.7 Å². The summed E-state index contributed by atoms with van der Waals surface area (Å²) in [6.45, 7) is 8.00. The van der Waals surface area contributed by atoms with Crippen LogP contribution in [0.5, 0.6) is 0 Å². The standard InChI is InChI=1S/C22H29N5O2/c1-17-18(2)24-25-21(23-17)27-12-10-26(11-13-27)20(28)22(8-14-29-15-9-22)16-19-6-4-3-5-7-19/h3-7H,8-16H2,1-2H3. The van der Waals surface area contributed by atoms with Crippen LogP contribution in [0.4, 0.5) is 5.95 Å². The van der Waals surface area contributed by atoms with Crippen LogP contribution >= 0.6 is 0 Å². The SMILES string of the molecule is Cc1nnc(N2CCN(C(=O)C3(Cc4ccccc4)CCOCC3)CC2)nc1C. The summed E-state index contributed by atoms with van der Waals surface area (Å²) in [5.41, 5.74) is 2.61. The van der Waals surface area contributed by atoms with E-state index in [1.54, 1.807) is 0 Å². The van der Waals surface area contributed by atoms with E-state index in [2.05, 4.69) is 32.2 Å². The molecule has 0 radical (unpaired) electrons. The third kappa shape index (κ3) is 4.24. The number of carbonyl (C=O) groups is 1. The number of carbonyl (C=O) groups excluding carboxylic acids is 1. The van der Waals surface area contributed by atoms with Crippen LogP contribution < -0.4 is 4.90 Å². The van der Waals surface area contributed by atoms with Gasteiger partial charge in [-0.15, -0.1) is 5.10 Å². The summed E-state index contributed by atoms with van der Waals surface area (Å²) >= 11 is 0. The summed E-state index contributed by atoms with van der Waals surface area (Å²) in [6.07, 6.45) is 2.34. The Bertz CT molecular complexity index is 844. The maximum atomic E-state index is 13.6. The number of hydrogen-bond acceptors (Lipinski definition) is 6. The summed E-state index contributed by atoms with van der Waals surface area (Å²) in [5, 5.41) is 8.43. The minimum atomic E-state index is -0.361. The molecule has 2 saturated heterocycles. The highest BCUT2D eigenvalue weighted by Gasteiger charge is 2.43. The van der Waals surface area contributed by atoms with Crippen molar-refractivity contribution in [1.29, 1.82) is 0 Å². The van der Waals surface area contributed by atoms with Crippen LogP contribution in [0.1, 0.15) is 29.8 Å². The van der Waals surface area contributed by atoms with E-state index in [9.17, 15) is 4.79 Å².